The van der Waals surface area contributed by atoms with Crippen molar-refractivity contribution in [2.45, 2.75) is 52.1 Å². The van der Waals surface area contributed by atoms with Crippen molar-refractivity contribution in [3.05, 3.63) is 156 Å². The van der Waals surface area contributed by atoms with Crippen LogP contribution in [0.4, 0.5) is 0 Å². The molecule has 45 heavy (non-hydrogen) atoms. The van der Waals surface area contributed by atoms with Crippen LogP contribution in [0.3, 0.4) is 0 Å². The van der Waals surface area contributed by atoms with Gasteiger partial charge in [0, 0.05) is 16.1 Å². The van der Waals surface area contributed by atoms with E-state index in [-0.39, 0.29) is 26.2 Å². The Morgan fingerprint density at radius 3 is 1.04 bits per heavy atom. The molecule has 230 valence electrons. The summed E-state index contributed by atoms with van der Waals surface area (Å²) in [4.78, 5) is 0. The minimum Gasteiger partial charge on any atom is -0.508 e. The Morgan fingerprint density at radius 2 is 0.800 bits per heavy atom. The molecule has 0 fully saturated rings. The fourth-order valence-corrected chi connectivity index (χ4v) is 6.97. The van der Waals surface area contributed by atoms with Gasteiger partial charge in [-0.2, -0.15) is 12.2 Å². The summed E-state index contributed by atoms with van der Waals surface area (Å²) in [6.45, 7) is 14.1. The minimum atomic E-state index is -1.01. The molecule has 5 heteroatoms. The molecule has 2 aliphatic carbocycles. The molecule has 0 aliphatic heterocycles. The van der Waals surface area contributed by atoms with Crippen LogP contribution in [0, 0.1) is 12.2 Å². The zero-order valence-electron chi connectivity index (χ0n) is 27.5. The average Bonchev–Trinajstić information content (AvgIpc) is 3.75. The number of hydrogen-bond donors (Lipinski definition) is 2. The maximum Gasteiger partial charge on any atom is 2.00 e. The first kappa shape index (κ1) is 37.9. The molecular weight excluding hydrogens is 660 g/mol. The Bertz CT molecular complexity index is 1460. The topological polar surface area (TPSA) is 40.5 Å². The van der Waals surface area contributed by atoms with Crippen LogP contribution in [0.25, 0.3) is 22.3 Å². The summed E-state index contributed by atoms with van der Waals surface area (Å²) in [7, 11) is -2.01. The standard InChI is InChI=1S/2C12H10O.2C8H13Si.Zr/c2*13-12-8-4-7-11(9-12)10-5-2-1-3-6-10;2*1-9(2,3)8-6-4-5-7-8;/h2*1-9,13H;2*4,6H,5H2,1-3H3;/q;;2*-1;+2. The van der Waals surface area contributed by atoms with Crippen molar-refractivity contribution < 1.29 is 36.4 Å². The van der Waals surface area contributed by atoms with Gasteiger partial charge in [-0.3, -0.25) is 12.2 Å². The molecule has 0 unspecified atom stereocenters. The van der Waals surface area contributed by atoms with Crippen molar-refractivity contribution in [2.24, 2.45) is 0 Å². The molecule has 2 aliphatic rings. The van der Waals surface area contributed by atoms with E-state index >= 15 is 0 Å². The van der Waals surface area contributed by atoms with Gasteiger partial charge in [-0.15, -0.1) is 12.8 Å². The van der Waals surface area contributed by atoms with Crippen LogP contribution < -0.4 is 0 Å². The van der Waals surface area contributed by atoms with Gasteiger partial charge in [0.1, 0.15) is 11.5 Å². The molecular formula is C40H46O2Si2Zr. The number of hydrogen-bond acceptors (Lipinski definition) is 2. The Morgan fingerprint density at radius 1 is 0.467 bits per heavy atom. The van der Waals surface area contributed by atoms with Crippen molar-refractivity contribution in [2.75, 3.05) is 0 Å². The molecule has 6 rings (SSSR count). The van der Waals surface area contributed by atoms with Crippen LogP contribution in [-0.4, -0.2) is 26.4 Å². The second-order valence-corrected chi connectivity index (χ2v) is 22.8. The van der Waals surface area contributed by atoms with Gasteiger partial charge < -0.3 is 10.2 Å². The Kier molecular flexibility index (Phi) is 15.7. The third kappa shape index (κ3) is 13.7. The molecule has 0 atom stereocenters. The van der Waals surface area contributed by atoms with Crippen molar-refractivity contribution in [1.82, 2.24) is 0 Å². The van der Waals surface area contributed by atoms with Crippen molar-refractivity contribution in [3.63, 3.8) is 0 Å². The van der Waals surface area contributed by atoms with Gasteiger partial charge in [-0.1, -0.05) is 124 Å². The number of benzene rings is 4. The summed E-state index contributed by atoms with van der Waals surface area (Å²) in [6, 6.07) is 34.5. The quantitative estimate of drug-likeness (QED) is 0.164. The van der Waals surface area contributed by atoms with E-state index < -0.39 is 16.1 Å². The van der Waals surface area contributed by atoms with E-state index in [9.17, 15) is 10.2 Å². The zero-order valence-corrected chi connectivity index (χ0v) is 32.0. The van der Waals surface area contributed by atoms with E-state index in [1.165, 1.54) is 10.4 Å². The molecule has 2 N–H and O–H groups in total. The number of allylic oxidation sites excluding steroid dienone is 8. The summed E-state index contributed by atoms with van der Waals surface area (Å²) < 4.78 is 0. The zero-order chi connectivity index (χ0) is 32.0. The SMILES string of the molecule is C[Si](C)(C)C1=[C-]CC=C1.C[Si](C)(C)C1=[C-]CC=C1.Oc1cccc(-c2ccccc2)c1.Oc1cccc(-c2ccccc2)c1.[Zr+2]. The molecule has 2 nitrogen and oxygen atoms in total. The van der Waals surface area contributed by atoms with E-state index in [0.717, 1.165) is 35.1 Å². The Hall–Kier alpha value is -3.24. The molecule has 0 aromatic heterocycles. The molecule has 0 amide bonds. The van der Waals surface area contributed by atoms with E-state index in [0.29, 0.717) is 11.5 Å². The van der Waals surface area contributed by atoms with E-state index in [1.54, 1.807) is 24.3 Å². The van der Waals surface area contributed by atoms with Gasteiger partial charge in [-0.05, 0) is 46.5 Å². The van der Waals surface area contributed by atoms with Crippen molar-refractivity contribution >= 4 is 16.1 Å². The smallest absolute Gasteiger partial charge is 0.508 e. The third-order valence-corrected chi connectivity index (χ3v) is 10.8. The van der Waals surface area contributed by atoms with E-state index in [1.807, 2.05) is 84.9 Å². The van der Waals surface area contributed by atoms with Gasteiger partial charge >= 0.3 is 26.2 Å². The van der Waals surface area contributed by atoms with Crippen LogP contribution in [0.1, 0.15) is 12.8 Å². The van der Waals surface area contributed by atoms with Gasteiger partial charge in [0.2, 0.25) is 0 Å². The predicted molar refractivity (Wildman–Crippen MR) is 195 cm³/mol. The Labute approximate surface area is 292 Å². The first-order valence-electron chi connectivity index (χ1n) is 15.2. The van der Waals surface area contributed by atoms with Gasteiger partial charge in [-0.25, -0.2) is 22.5 Å². The molecule has 0 radical (unpaired) electrons. The fourth-order valence-electron chi connectivity index (χ4n) is 4.47. The largest absolute Gasteiger partial charge is 2.00 e. The van der Waals surface area contributed by atoms with E-state index in [2.05, 4.69) is 75.7 Å². The second-order valence-electron chi connectivity index (χ2n) is 12.7. The maximum atomic E-state index is 9.27. The van der Waals surface area contributed by atoms with E-state index in [4.69, 9.17) is 0 Å². The van der Waals surface area contributed by atoms with Crippen molar-refractivity contribution in [1.29, 1.82) is 0 Å². The van der Waals surface area contributed by atoms with Gasteiger partial charge in [0.05, 0.1) is 0 Å². The summed E-state index contributed by atoms with van der Waals surface area (Å²) >= 11 is 0. The number of phenols is 2. The molecule has 4 aromatic rings. The molecule has 4 aromatic carbocycles. The van der Waals surface area contributed by atoms with Crippen LogP contribution in [0.5, 0.6) is 11.5 Å². The molecule has 0 saturated heterocycles. The minimum absolute atomic E-state index is 0. The van der Waals surface area contributed by atoms with Gasteiger partial charge in [0.25, 0.3) is 0 Å². The molecule has 0 saturated carbocycles. The second kappa shape index (κ2) is 18.7. The summed E-state index contributed by atoms with van der Waals surface area (Å²) in [5.41, 5.74) is 4.33. The normalized spacial score (nSPS) is 13.0. The number of phenolic OH excluding ortho intramolecular Hbond substituents is 2. The van der Waals surface area contributed by atoms with Crippen LogP contribution in [-0.2, 0) is 26.2 Å². The first-order valence-corrected chi connectivity index (χ1v) is 22.2. The van der Waals surface area contributed by atoms with Crippen LogP contribution in [0.2, 0.25) is 39.3 Å². The first-order chi connectivity index (χ1) is 20.9. The molecule has 0 spiro atoms. The number of rotatable bonds is 4. The Balaban J connectivity index is 0.000000211. The third-order valence-electron chi connectivity index (χ3n) is 6.91. The summed E-state index contributed by atoms with van der Waals surface area (Å²) in [6.07, 6.45) is 17.6. The van der Waals surface area contributed by atoms with Crippen molar-refractivity contribution in [3.8, 4) is 33.8 Å². The number of aromatic hydroxyl groups is 2. The molecule has 0 heterocycles. The van der Waals surface area contributed by atoms with Crippen LogP contribution >= 0.6 is 0 Å². The fraction of sp³-hybridized carbons (Fsp3) is 0.200. The molecule has 0 bridgehead atoms. The van der Waals surface area contributed by atoms with Crippen LogP contribution in [0.15, 0.2) is 144 Å². The maximum absolute atomic E-state index is 9.27. The monoisotopic (exact) mass is 704 g/mol. The average molecular weight is 706 g/mol. The summed E-state index contributed by atoms with van der Waals surface area (Å²) in [5, 5.41) is 21.5. The summed E-state index contributed by atoms with van der Waals surface area (Å²) in [5.74, 6) is 0.614. The van der Waals surface area contributed by atoms with Gasteiger partial charge in [0.15, 0.2) is 0 Å². The predicted octanol–water partition coefficient (Wildman–Crippen LogP) is 11.2.